The number of aryl methyl sites for hydroxylation is 1. The highest BCUT2D eigenvalue weighted by atomic mass is 15.1. The fraction of sp³-hybridized carbons (Fsp3) is 0.538. The lowest BCUT2D eigenvalue weighted by atomic mass is 10.1. The van der Waals surface area contributed by atoms with Gasteiger partial charge in [0.2, 0.25) is 0 Å². The molecule has 1 saturated carbocycles. The van der Waals surface area contributed by atoms with Crippen molar-refractivity contribution in [2.75, 3.05) is 17.7 Å². The average Bonchev–Trinajstić information content (AvgIpc) is 2.99. The highest BCUT2D eigenvalue weighted by Gasteiger charge is 2.31. The van der Waals surface area contributed by atoms with Crippen LogP contribution in [0, 0.1) is 12.8 Å². The first-order valence-corrected chi connectivity index (χ1v) is 5.69. The van der Waals surface area contributed by atoms with Crippen molar-refractivity contribution < 1.29 is 0 Å². The normalized spacial score (nSPS) is 17.5. The molecule has 0 aliphatic heterocycles. The predicted molar refractivity (Wildman–Crippen MR) is 66.2 cm³/mol. The number of rotatable bonds is 3. The lowest BCUT2D eigenvalue weighted by molar-refractivity contribution is 0.609. The summed E-state index contributed by atoms with van der Waals surface area (Å²) in [6.45, 7) is 4.42. The van der Waals surface area contributed by atoms with Gasteiger partial charge in [-0.15, -0.1) is 0 Å². The molecule has 1 fully saturated rings. The smallest absolute Gasteiger partial charge is 0.0629 e. The molecule has 0 radical (unpaired) electrons. The van der Waals surface area contributed by atoms with Crippen LogP contribution in [-0.4, -0.2) is 13.1 Å². The quantitative estimate of drug-likeness (QED) is 0.767. The lowest BCUT2D eigenvalue weighted by Crippen LogP contribution is -2.31. The van der Waals surface area contributed by atoms with Crippen LogP contribution >= 0.6 is 0 Å². The van der Waals surface area contributed by atoms with E-state index in [9.17, 15) is 0 Å². The summed E-state index contributed by atoms with van der Waals surface area (Å²) in [5.74, 6) is 0.869. The summed E-state index contributed by atoms with van der Waals surface area (Å²) >= 11 is 0. The molecule has 0 spiro atoms. The molecule has 1 unspecified atom stereocenters. The van der Waals surface area contributed by atoms with Crippen LogP contribution in [-0.2, 0) is 0 Å². The second kappa shape index (κ2) is 3.76. The van der Waals surface area contributed by atoms with Crippen LogP contribution < -0.4 is 10.6 Å². The summed E-state index contributed by atoms with van der Waals surface area (Å²) in [5.41, 5.74) is 9.41. The Bertz CT molecular complexity index is 335. The van der Waals surface area contributed by atoms with Crippen LogP contribution in [0.15, 0.2) is 18.2 Å². The minimum absolute atomic E-state index is 0.605. The Morgan fingerprint density at radius 2 is 2.07 bits per heavy atom. The zero-order valence-corrected chi connectivity index (χ0v) is 9.83. The SMILES string of the molecule is Cc1cccc(N)c1N(C)C(C)C1CC1. The summed E-state index contributed by atoms with van der Waals surface area (Å²) in [7, 11) is 2.15. The van der Waals surface area contributed by atoms with Gasteiger partial charge in [-0.2, -0.15) is 0 Å². The van der Waals surface area contributed by atoms with Gasteiger partial charge in [0.05, 0.1) is 11.4 Å². The summed E-state index contributed by atoms with van der Waals surface area (Å²) in [6.07, 6.45) is 2.74. The topological polar surface area (TPSA) is 29.3 Å². The molecule has 2 heteroatoms. The summed E-state index contributed by atoms with van der Waals surface area (Å²) < 4.78 is 0. The van der Waals surface area contributed by atoms with E-state index in [1.54, 1.807) is 0 Å². The maximum Gasteiger partial charge on any atom is 0.0629 e. The Hall–Kier alpha value is -1.18. The van der Waals surface area contributed by atoms with E-state index in [0.717, 1.165) is 11.6 Å². The molecule has 2 rings (SSSR count). The Balaban J connectivity index is 2.27. The first-order valence-electron chi connectivity index (χ1n) is 5.69. The van der Waals surface area contributed by atoms with Crippen molar-refractivity contribution in [3.63, 3.8) is 0 Å². The van der Waals surface area contributed by atoms with Gasteiger partial charge in [0.1, 0.15) is 0 Å². The number of benzene rings is 1. The van der Waals surface area contributed by atoms with Crippen molar-refractivity contribution in [1.29, 1.82) is 0 Å². The van der Waals surface area contributed by atoms with Gasteiger partial charge in [-0.3, -0.25) is 0 Å². The van der Waals surface area contributed by atoms with Gasteiger partial charge in [0, 0.05) is 13.1 Å². The predicted octanol–water partition coefficient (Wildman–Crippen LogP) is 2.81. The Kier molecular flexibility index (Phi) is 2.59. The fourth-order valence-electron chi connectivity index (χ4n) is 2.26. The minimum Gasteiger partial charge on any atom is -0.397 e. The van der Waals surface area contributed by atoms with Gasteiger partial charge in [0.25, 0.3) is 0 Å². The Labute approximate surface area is 92.1 Å². The van der Waals surface area contributed by atoms with Gasteiger partial charge in [0.15, 0.2) is 0 Å². The standard InChI is InChI=1S/C13H20N2/c1-9-5-4-6-12(14)13(9)15(3)10(2)11-7-8-11/h4-6,10-11H,7-8,14H2,1-3H3. The average molecular weight is 204 g/mol. The van der Waals surface area contributed by atoms with Crippen LogP contribution in [0.4, 0.5) is 11.4 Å². The number of nitrogens with zero attached hydrogens (tertiary/aromatic N) is 1. The first-order chi connectivity index (χ1) is 7.11. The Morgan fingerprint density at radius 1 is 1.40 bits per heavy atom. The molecular formula is C13H20N2. The van der Waals surface area contributed by atoms with E-state index < -0.39 is 0 Å². The second-order valence-corrected chi connectivity index (χ2v) is 4.70. The first kappa shape index (κ1) is 10.3. The van der Waals surface area contributed by atoms with Gasteiger partial charge in [-0.25, -0.2) is 0 Å². The molecule has 2 nitrogen and oxygen atoms in total. The van der Waals surface area contributed by atoms with Crippen molar-refractivity contribution in [2.24, 2.45) is 5.92 Å². The summed E-state index contributed by atoms with van der Waals surface area (Å²) in [5, 5.41) is 0. The number of anilines is 2. The van der Waals surface area contributed by atoms with Crippen molar-refractivity contribution >= 4 is 11.4 Å². The molecule has 1 aliphatic carbocycles. The number of hydrogen-bond donors (Lipinski definition) is 1. The van der Waals surface area contributed by atoms with Crippen LogP contribution in [0.5, 0.6) is 0 Å². The molecule has 0 heterocycles. The summed E-state index contributed by atoms with van der Waals surface area (Å²) in [6, 6.07) is 6.73. The number of nitrogen functional groups attached to an aromatic ring is 1. The molecular weight excluding hydrogens is 184 g/mol. The highest BCUT2D eigenvalue weighted by Crippen LogP contribution is 2.38. The van der Waals surface area contributed by atoms with E-state index in [2.05, 4.69) is 31.9 Å². The van der Waals surface area contributed by atoms with Crippen molar-refractivity contribution in [3.8, 4) is 0 Å². The van der Waals surface area contributed by atoms with Crippen LogP contribution in [0.2, 0.25) is 0 Å². The van der Waals surface area contributed by atoms with E-state index >= 15 is 0 Å². The molecule has 1 atom stereocenters. The van der Waals surface area contributed by atoms with E-state index in [-0.39, 0.29) is 0 Å². The molecule has 1 aromatic carbocycles. The van der Waals surface area contributed by atoms with Crippen molar-refractivity contribution in [3.05, 3.63) is 23.8 Å². The number of nitrogens with two attached hydrogens (primary N) is 1. The molecule has 82 valence electrons. The number of para-hydroxylation sites is 1. The zero-order valence-electron chi connectivity index (χ0n) is 9.83. The maximum absolute atomic E-state index is 6.04. The van der Waals surface area contributed by atoms with Gasteiger partial charge in [-0.1, -0.05) is 12.1 Å². The van der Waals surface area contributed by atoms with Crippen LogP contribution in [0.25, 0.3) is 0 Å². The van der Waals surface area contributed by atoms with Crippen LogP contribution in [0.1, 0.15) is 25.3 Å². The maximum atomic E-state index is 6.04. The third kappa shape index (κ3) is 1.94. The minimum atomic E-state index is 0.605. The number of hydrogen-bond acceptors (Lipinski definition) is 2. The highest BCUT2D eigenvalue weighted by molar-refractivity contribution is 5.71. The fourth-order valence-corrected chi connectivity index (χ4v) is 2.26. The van der Waals surface area contributed by atoms with Crippen LogP contribution in [0.3, 0.4) is 0 Å². The molecule has 0 bridgehead atoms. The summed E-state index contributed by atoms with van der Waals surface area (Å²) in [4.78, 5) is 2.34. The van der Waals surface area contributed by atoms with Gasteiger partial charge in [-0.05, 0) is 44.2 Å². The lowest BCUT2D eigenvalue weighted by Gasteiger charge is -2.29. The van der Waals surface area contributed by atoms with Crippen molar-refractivity contribution in [1.82, 2.24) is 0 Å². The third-order valence-corrected chi connectivity index (χ3v) is 3.54. The molecule has 15 heavy (non-hydrogen) atoms. The largest absolute Gasteiger partial charge is 0.397 e. The molecule has 0 aromatic heterocycles. The third-order valence-electron chi connectivity index (χ3n) is 3.54. The van der Waals surface area contributed by atoms with Crippen molar-refractivity contribution in [2.45, 2.75) is 32.7 Å². The van der Waals surface area contributed by atoms with E-state index in [4.69, 9.17) is 5.73 Å². The second-order valence-electron chi connectivity index (χ2n) is 4.70. The van der Waals surface area contributed by atoms with E-state index in [1.807, 2.05) is 12.1 Å². The van der Waals surface area contributed by atoms with E-state index in [1.165, 1.54) is 24.1 Å². The molecule has 0 amide bonds. The molecule has 1 aliphatic rings. The zero-order chi connectivity index (χ0) is 11.0. The van der Waals surface area contributed by atoms with Gasteiger partial charge >= 0.3 is 0 Å². The Morgan fingerprint density at radius 3 is 2.60 bits per heavy atom. The van der Waals surface area contributed by atoms with Gasteiger partial charge < -0.3 is 10.6 Å². The van der Waals surface area contributed by atoms with E-state index in [0.29, 0.717) is 6.04 Å². The molecule has 2 N–H and O–H groups in total. The monoisotopic (exact) mass is 204 g/mol. The molecule has 0 saturated heterocycles. The molecule has 1 aromatic rings.